The lowest BCUT2D eigenvalue weighted by atomic mass is 9.98. The molecule has 1 N–H and O–H groups in total. The molecule has 0 amide bonds. The minimum Gasteiger partial charge on any atom is -0.497 e. The number of ether oxygens (including phenoxy) is 1. The van der Waals surface area contributed by atoms with E-state index in [1.54, 1.807) is 19.2 Å². The molecule has 148 valence electrons. The number of non-ortho nitro benzene ring substituents is 1. The second-order valence-electron chi connectivity index (χ2n) is 6.80. The van der Waals surface area contributed by atoms with Gasteiger partial charge in [-0.2, -0.15) is 0 Å². The number of nitrogens with one attached hydrogen (secondary N) is 1. The predicted molar refractivity (Wildman–Crippen MR) is 110 cm³/mol. The number of nitro benzene ring substituents is 1. The zero-order valence-corrected chi connectivity index (χ0v) is 16.3. The normalized spacial score (nSPS) is 16.9. The van der Waals surface area contributed by atoms with Crippen LogP contribution in [0.5, 0.6) is 5.75 Å². The van der Waals surface area contributed by atoms with Crippen LogP contribution >= 0.6 is 0 Å². The largest absolute Gasteiger partial charge is 0.497 e. The fourth-order valence-electron chi connectivity index (χ4n) is 3.42. The summed E-state index contributed by atoms with van der Waals surface area (Å²) in [6.07, 6.45) is 1.08. The Balaban J connectivity index is 1.66. The number of hydrogen-bond acceptors (Lipinski definition) is 4. The SMILES string of the molecule is CCNC(=NCc1ccc([N+](=O)[O-])cc1)N1CCC(c2ccc(OC)cc2)C1. The standard InChI is InChI=1S/C21H26N4O3/c1-3-22-21(23-14-16-4-8-19(9-5-16)25(26)27)24-13-12-18(15-24)17-6-10-20(28-2)11-7-17/h4-11,18H,3,12-15H2,1-2H3,(H,22,23). The number of hydrogen-bond donors (Lipinski definition) is 1. The van der Waals surface area contributed by atoms with Crippen molar-refractivity contribution in [1.29, 1.82) is 0 Å². The second kappa shape index (κ2) is 9.21. The molecule has 0 aliphatic carbocycles. The summed E-state index contributed by atoms with van der Waals surface area (Å²) < 4.78 is 5.24. The van der Waals surface area contributed by atoms with Crippen LogP contribution in [-0.4, -0.2) is 42.5 Å². The predicted octanol–water partition coefficient (Wildman–Crippen LogP) is 3.56. The molecule has 0 bridgehead atoms. The highest BCUT2D eigenvalue weighted by atomic mass is 16.6. The van der Waals surface area contributed by atoms with Gasteiger partial charge in [-0.25, -0.2) is 4.99 Å². The second-order valence-corrected chi connectivity index (χ2v) is 6.80. The number of benzene rings is 2. The van der Waals surface area contributed by atoms with Crippen molar-refractivity contribution < 1.29 is 9.66 Å². The van der Waals surface area contributed by atoms with Crippen molar-refractivity contribution in [1.82, 2.24) is 10.2 Å². The maximum absolute atomic E-state index is 10.8. The maximum atomic E-state index is 10.8. The molecule has 7 heteroatoms. The van der Waals surface area contributed by atoms with E-state index >= 15 is 0 Å². The Morgan fingerprint density at radius 1 is 1.25 bits per heavy atom. The van der Waals surface area contributed by atoms with E-state index in [1.165, 1.54) is 17.7 Å². The number of rotatable bonds is 6. The quantitative estimate of drug-likeness (QED) is 0.358. The number of guanidine groups is 1. The number of aliphatic imine (C=N–C) groups is 1. The molecule has 1 heterocycles. The topological polar surface area (TPSA) is 80.0 Å². The Labute approximate surface area is 165 Å². The Hall–Kier alpha value is -3.09. The summed E-state index contributed by atoms with van der Waals surface area (Å²) >= 11 is 0. The van der Waals surface area contributed by atoms with Gasteiger partial charge in [0.1, 0.15) is 5.75 Å². The van der Waals surface area contributed by atoms with E-state index in [9.17, 15) is 10.1 Å². The molecule has 1 atom stereocenters. The van der Waals surface area contributed by atoms with Gasteiger partial charge in [0, 0.05) is 37.7 Å². The molecule has 2 aromatic rings. The zero-order valence-electron chi connectivity index (χ0n) is 16.3. The van der Waals surface area contributed by atoms with Crippen LogP contribution < -0.4 is 10.1 Å². The van der Waals surface area contributed by atoms with Crippen molar-refractivity contribution in [3.8, 4) is 5.75 Å². The van der Waals surface area contributed by atoms with Gasteiger partial charge in [-0.1, -0.05) is 24.3 Å². The summed E-state index contributed by atoms with van der Waals surface area (Å²) in [5.74, 6) is 2.22. The molecular formula is C21H26N4O3. The smallest absolute Gasteiger partial charge is 0.269 e. The molecule has 1 saturated heterocycles. The van der Waals surface area contributed by atoms with Crippen molar-refractivity contribution in [2.45, 2.75) is 25.8 Å². The van der Waals surface area contributed by atoms with Crippen LogP contribution in [0.25, 0.3) is 0 Å². The monoisotopic (exact) mass is 382 g/mol. The van der Waals surface area contributed by atoms with E-state index < -0.39 is 0 Å². The van der Waals surface area contributed by atoms with Crippen LogP contribution in [0.3, 0.4) is 0 Å². The number of methoxy groups -OCH3 is 1. The first kappa shape index (κ1) is 19.7. The lowest BCUT2D eigenvalue weighted by Gasteiger charge is -2.22. The number of nitro groups is 1. The summed E-state index contributed by atoms with van der Waals surface area (Å²) in [6.45, 7) is 5.20. The van der Waals surface area contributed by atoms with E-state index in [1.807, 2.05) is 12.1 Å². The van der Waals surface area contributed by atoms with Crippen molar-refractivity contribution in [3.63, 3.8) is 0 Å². The molecule has 3 rings (SSSR count). The third-order valence-electron chi connectivity index (χ3n) is 4.97. The van der Waals surface area contributed by atoms with Crippen LogP contribution in [0.2, 0.25) is 0 Å². The summed E-state index contributed by atoms with van der Waals surface area (Å²) in [6, 6.07) is 14.8. The molecule has 1 aliphatic rings. The molecule has 1 unspecified atom stereocenters. The number of nitrogens with zero attached hydrogens (tertiary/aromatic N) is 3. The summed E-state index contributed by atoms with van der Waals surface area (Å²) in [4.78, 5) is 17.4. The molecule has 7 nitrogen and oxygen atoms in total. The van der Waals surface area contributed by atoms with E-state index in [4.69, 9.17) is 9.73 Å². The summed E-state index contributed by atoms with van der Waals surface area (Å²) in [5, 5.41) is 14.1. The number of likely N-dealkylation sites (tertiary alicyclic amines) is 1. The molecule has 0 spiro atoms. The van der Waals surface area contributed by atoms with E-state index in [-0.39, 0.29) is 10.6 Å². The fourth-order valence-corrected chi connectivity index (χ4v) is 3.42. The average Bonchev–Trinajstić information content (AvgIpc) is 3.21. The van der Waals surface area contributed by atoms with Gasteiger partial charge in [0.15, 0.2) is 5.96 Å². The first-order chi connectivity index (χ1) is 13.6. The van der Waals surface area contributed by atoms with Crippen LogP contribution in [0.1, 0.15) is 30.4 Å². The highest BCUT2D eigenvalue weighted by Crippen LogP contribution is 2.28. The Kier molecular flexibility index (Phi) is 6.47. The van der Waals surface area contributed by atoms with Gasteiger partial charge in [-0.15, -0.1) is 0 Å². The van der Waals surface area contributed by atoms with Gasteiger partial charge >= 0.3 is 0 Å². The van der Waals surface area contributed by atoms with Crippen LogP contribution in [0.4, 0.5) is 5.69 Å². The third-order valence-corrected chi connectivity index (χ3v) is 4.97. The minimum atomic E-state index is -0.388. The zero-order chi connectivity index (χ0) is 19.9. The van der Waals surface area contributed by atoms with Crippen molar-refractivity contribution in [2.24, 2.45) is 4.99 Å². The van der Waals surface area contributed by atoms with Gasteiger partial charge in [0.25, 0.3) is 5.69 Å². The molecule has 2 aromatic carbocycles. The van der Waals surface area contributed by atoms with Crippen molar-refractivity contribution in [3.05, 3.63) is 69.8 Å². The lowest BCUT2D eigenvalue weighted by molar-refractivity contribution is -0.384. The third kappa shape index (κ3) is 4.79. The van der Waals surface area contributed by atoms with Gasteiger partial charge in [-0.3, -0.25) is 10.1 Å². The van der Waals surface area contributed by atoms with E-state index in [0.29, 0.717) is 12.5 Å². The molecule has 0 saturated carbocycles. The van der Waals surface area contributed by atoms with Gasteiger partial charge in [-0.05, 0) is 36.6 Å². The average molecular weight is 382 g/mol. The first-order valence-electron chi connectivity index (χ1n) is 9.51. The molecule has 0 radical (unpaired) electrons. The van der Waals surface area contributed by atoms with E-state index in [2.05, 4.69) is 29.3 Å². The fraction of sp³-hybridized carbons (Fsp3) is 0.381. The highest BCUT2D eigenvalue weighted by molar-refractivity contribution is 5.80. The van der Waals surface area contributed by atoms with Gasteiger partial charge < -0.3 is 15.0 Å². The van der Waals surface area contributed by atoms with Crippen LogP contribution in [-0.2, 0) is 6.54 Å². The molecule has 1 fully saturated rings. The van der Waals surface area contributed by atoms with Crippen molar-refractivity contribution in [2.75, 3.05) is 26.7 Å². The van der Waals surface area contributed by atoms with Crippen molar-refractivity contribution >= 4 is 11.6 Å². The Bertz CT molecular complexity index is 819. The summed E-state index contributed by atoms with van der Waals surface area (Å²) in [7, 11) is 1.68. The molecule has 0 aromatic heterocycles. The molecular weight excluding hydrogens is 356 g/mol. The summed E-state index contributed by atoms with van der Waals surface area (Å²) in [5.41, 5.74) is 2.36. The van der Waals surface area contributed by atoms with Gasteiger partial charge in [0.2, 0.25) is 0 Å². The highest BCUT2D eigenvalue weighted by Gasteiger charge is 2.26. The lowest BCUT2D eigenvalue weighted by Crippen LogP contribution is -2.40. The van der Waals surface area contributed by atoms with Crippen LogP contribution in [0.15, 0.2) is 53.5 Å². The minimum absolute atomic E-state index is 0.0986. The maximum Gasteiger partial charge on any atom is 0.269 e. The molecule has 1 aliphatic heterocycles. The van der Waals surface area contributed by atoms with Gasteiger partial charge in [0.05, 0.1) is 18.6 Å². The van der Waals surface area contributed by atoms with E-state index in [0.717, 1.165) is 43.3 Å². The first-order valence-corrected chi connectivity index (χ1v) is 9.51. The molecule has 28 heavy (non-hydrogen) atoms. The Morgan fingerprint density at radius 2 is 1.96 bits per heavy atom. The Morgan fingerprint density at radius 3 is 2.57 bits per heavy atom. The van der Waals surface area contributed by atoms with Crippen LogP contribution in [0, 0.1) is 10.1 Å².